The highest BCUT2D eigenvalue weighted by molar-refractivity contribution is 6.30. The summed E-state index contributed by atoms with van der Waals surface area (Å²) in [5, 5.41) is 2.45. The minimum atomic E-state index is -0.314. The molecule has 1 saturated heterocycles. The van der Waals surface area contributed by atoms with Crippen LogP contribution in [-0.4, -0.2) is 79.9 Å². The quantitative estimate of drug-likeness (QED) is 0.648. The molecule has 0 unspecified atom stereocenters. The zero-order valence-electron chi connectivity index (χ0n) is 15.2. The first kappa shape index (κ1) is 17.6. The summed E-state index contributed by atoms with van der Waals surface area (Å²) in [6.45, 7) is 7.83. The van der Waals surface area contributed by atoms with Crippen molar-refractivity contribution in [1.29, 1.82) is 0 Å². The molecule has 1 aromatic carbocycles. The fourth-order valence-corrected chi connectivity index (χ4v) is 3.21. The van der Waals surface area contributed by atoms with E-state index in [0.29, 0.717) is 11.1 Å². The Balaban J connectivity index is 1.74. The van der Waals surface area contributed by atoms with Crippen LogP contribution in [0.1, 0.15) is 21.5 Å². The second-order valence-electron chi connectivity index (χ2n) is 7.06. The third-order valence-electron chi connectivity index (χ3n) is 4.76. The lowest BCUT2D eigenvalue weighted by Gasteiger charge is -2.35. The lowest BCUT2D eigenvalue weighted by molar-refractivity contribution is -0.114. The maximum atomic E-state index is 12.4. The highest BCUT2D eigenvalue weighted by Gasteiger charge is 2.28. The van der Waals surface area contributed by atoms with E-state index < -0.39 is 0 Å². The molecule has 0 aromatic heterocycles. The van der Waals surface area contributed by atoms with Crippen molar-refractivity contribution in [3.8, 4) is 0 Å². The number of carbonyl (C=O) groups excluding carboxylic acids is 2. The summed E-state index contributed by atoms with van der Waals surface area (Å²) >= 11 is 0. The van der Waals surface area contributed by atoms with Gasteiger partial charge in [-0.15, -0.1) is 0 Å². The number of nitrogens with one attached hydrogen (secondary N) is 1. The molecule has 2 aliphatic rings. The van der Waals surface area contributed by atoms with E-state index in [1.165, 1.54) is 0 Å². The third kappa shape index (κ3) is 4.08. The van der Waals surface area contributed by atoms with E-state index in [1.807, 2.05) is 25.3 Å². The van der Waals surface area contributed by atoms with E-state index in [0.717, 1.165) is 50.4 Å². The largest absolute Gasteiger partial charge is 0.374 e. The van der Waals surface area contributed by atoms with Crippen molar-refractivity contribution < 1.29 is 9.59 Å². The average molecular weight is 342 g/mol. The van der Waals surface area contributed by atoms with Gasteiger partial charge in [-0.1, -0.05) is 17.7 Å². The molecule has 0 saturated carbocycles. The summed E-state index contributed by atoms with van der Waals surface area (Å²) in [6.07, 6.45) is 1.92. The van der Waals surface area contributed by atoms with Gasteiger partial charge in [0.2, 0.25) is 0 Å². The van der Waals surface area contributed by atoms with Crippen LogP contribution in [0.25, 0.3) is 5.57 Å². The molecule has 6 heteroatoms. The number of hydrogen-bond acceptors (Lipinski definition) is 5. The molecule has 1 N–H and O–H groups in total. The minimum absolute atomic E-state index is 0.307. The second-order valence-corrected chi connectivity index (χ2v) is 7.06. The molecular formula is C19H26N4O2. The smallest absolute Gasteiger partial charge is 0.260 e. The standard InChI is InChI=1S/C19H26N4O2/c1-14-4-5-15-16(12-14)17(19(25)20-18(15)24)13-23-10-8-22(9-11-23)7-6-21(2)3/h4-5,12-13H,6-11H2,1-3H3,(H,20,24,25)/b17-13-. The summed E-state index contributed by atoms with van der Waals surface area (Å²) in [7, 11) is 4.17. The monoisotopic (exact) mass is 342 g/mol. The number of benzene rings is 1. The van der Waals surface area contributed by atoms with Crippen molar-refractivity contribution in [3.63, 3.8) is 0 Å². The topological polar surface area (TPSA) is 55.9 Å². The van der Waals surface area contributed by atoms with Crippen molar-refractivity contribution in [3.05, 3.63) is 41.1 Å². The lowest BCUT2D eigenvalue weighted by Crippen LogP contribution is -2.46. The summed E-state index contributed by atoms with van der Waals surface area (Å²) in [4.78, 5) is 31.2. The lowest BCUT2D eigenvalue weighted by atomic mass is 9.93. The zero-order chi connectivity index (χ0) is 18.0. The van der Waals surface area contributed by atoms with Crippen LogP contribution in [0.2, 0.25) is 0 Å². The van der Waals surface area contributed by atoms with E-state index in [-0.39, 0.29) is 11.8 Å². The van der Waals surface area contributed by atoms with Crippen molar-refractivity contribution >= 4 is 17.4 Å². The van der Waals surface area contributed by atoms with Crippen LogP contribution in [0.3, 0.4) is 0 Å². The van der Waals surface area contributed by atoms with Gasteiger partial charge in [-0.05, 0) is 27.1 Å². The molecule has 2 amide bonds. The fourth-order valence-electron chi connectivity index (χ4n) is 3.21. The number of aryl methyl sites for hydroxylation is 1. The van der Waals surface area contributed by atoms with Gasteiger partial charge in [-0.25, -0.2) is 0 Å². The average Bonchev–Trinajstić information content (AvgIpc) is 2.57. The highest BCUT2D eigenvalue weighted by Crippen LogP contribution is 2.26. The van der Waals surface area contributed by atoms with Crippen LogP contribution >= 0.6 is 0 Å². The fraction of sp³-hybridized carbons (Fsp3) is 0.474. The van der Waals surface area contributed by atoms with E-state index in [9.17, 15) is 9.59 Å². The van der Waals surface area contributed by atoms with Crippen LogP contribution in [0, 0.1) is 6.92 Å². The Morgan fingerprint density at radius 2 is 1.80 bits per heavy atom. The van der Waals surface area contributed by atoms with Crippen molar-refractivity contribution in [1.82, 2.24) is 20.0 Å². The first-order valence-electron chi connectivity index (χ1n) is 8.73. The number of fused-ring (bicyclic) bond motifs is 1. The van der Waals surface area contributed by atoms with Gasteiger partial charge in [0.05, 0.1) is 5.57 Å². The Bertz CT molecular complexity index is 703. The van der Waals surface area contributed by atoms with Crippen LogP contribution in [0.5, 0.6) is 0 Å². The van der Waals surface area contributed by atoms with Crippen LogP contribution in [0.4, 0.5) is 0 Å². The summed E-state index contributed by atoms with van der Waals surface area (Å²) in [5.74, 6) is -0.621. The van der Waals surface area contributed by atoms with Crippen LogP contribution in [0.15, 0.2) is 24.4 Å². The van der Waals surface area contributed by atoms with E-state index in [2.05, 4.69) is 34.1 Å². The van der Waals surface area contributed by atoms with Gasteiger partial charge in [-0.2, -0.15) is 0 Å². The normalized spacial score (nSPS) is 20.2. The van der Waals surface area contributed by atoms with E-state index >= 15 is 0 Å². The predicted molar refractivity (Wildman–Crippen MR) is 98.2 cm³/mol. The molecule has 6 nitrogen and oxygen atoms in total. The maximum Gasteiger partial charge on any atom is 0.260 e. The molecule has 134 valence electrons. The van der Waals surface area contributed by atoms with Gasteiger partial charge in [0, 0.05) is 56.6 Å². The molecule has 0 aliphatic carbocycles. The van der Waals surface area contributed by atoms with Crippen molar-refractivity contribution in [2.24, 2.45) is 0 Å². The van der Waals surface area contributed by atoms with Gasteiger partial charge in [-0.3, -0.25) is 19.8 Å². The first-order valence-corrected chi connectivity index (χ1v) is 8.73. The SMILES string of the molecule is Cc1ccc2c(c1)/C(=C/N1CCN(CCN(C)C)CC1)C(=O)NC2=O. The van der Waals surface area contributed by atoms with E-state index in [4.69, 9.17) is 0 Å². The molecule has 0 spiro atoms. The molecule has 2 heterocycles. The third-order valence-corrected chi connectivity index (χ3v) is 4.76. The number of hydrogen-bond donors (Lipinski definition) is 1. The van der Waals surface area contributed by atoms with E-state index in [1.54, 1.807) is 6.07 Å². The van der Waals surface area contributed by atoms with Crippen LogP contribution in [-0.2, 0) is 4.79 Å². The van der Waals surface area contributed by atoms with Gasteiger partial charge in [0.1, 0.15) is 0 Å². The Kier molecular flexibility index (Phi) is 5.20. The number of imide groups is 1. The number of piperazine rings is 1. The Labute approximate surface area is 149 Å². The number of likely N-dealkylation sites (N-methyl/N-ethyl adjacent to an activating group) is 1. The molecule has 2 aliphatic heterocycles. The first-order chi connectivity index (χ1) is 11.9. The molecule has 1 aromatic rings. The maximum absolute atomic E-state index is 12.4. The zero-order valence-corrected chi connectivity index (χ0v) is 15.2. The molecule has 3 rings (SSSR count). The van der Waals surface area contributed by atoms with Gasteiger partial charge in [0.15, 0.2) is 0 Å². The number of rotatable bonds is 4. The number of carbonyl (C=O) groups is 2. The minimum Gasteiger partial charge on any atom is -0.374 e. The van der Waals surface area contributed by atoms with Gasteiger partial charge in [0.25, 0.3) is 11.8 Å². The van der Waals surface area contributed by atoms with Gasteiger partial charge >= 0.3 is 0 Å². The van der Waals surface area contributed by atoms with Crippen LogP contribution < -0.4 is 5.32 Å². The van der Waals surface area contributed by atoms with Gasteiger partial charge < -0.3 is 9.80 Å². The highest BCUT2D eigenvalue weighted by atomic mass is 16.2. The number of amides is 2. The Morgan fingerprint density at radius 1 is 1.08 bits per heavy atom. The van der Waals surface area contributed by atoms with Crippen molar-refractivity contribution in [2.45, 2.75) is 6.92 Å². The second kappa shape index (κ2) is 7.37. The summed E-state index contributed by atoms with van der Waals surface area (Å²) < 4.78 is 0. The van der Waals surface area contributed by atoms with Crippen molar-refractivity contribution in [2.75, 3.05) is 53.4 Å². The molecule has 1 fully saturated rings. The molecular weight excluding hydrogens is 316 g/mol. The predicted octanol–water partition coefficient (Wildman–Crippen LogP) is 0.785. The summed E-state index contributed by atoms with van der Waals surface area (Å²) in [5.41, 5.74) is 2.94. The Hall–Kier alpha value is -2.18. The molecule has 0 atom stereocenters. The molecule has 0 radical (unpaired) electrons. The number of nitrogens with zero attached hydrogens (tertiary/aromatic N) is 3. The molecule has 25 heavy (non-hydrogen) atoms. The molecule has 0 bridgehead atoms. The summed E-state index contributed by atoms with van der Waals surface area (Å²) in [6, 6.07) is 5.61. The Morgan fingerprint density at radius 3 is 2.48 bits per heavy atom.